The summed E-state index contributed by atoms with van der Waals surface area (Å²) in [5.41, 5.74) is 4.52. The average Bonchev–Trinajstić information content (AvgIpc) is 2.85. The van der Waals surface area contributed by atoms with Crippen LogP contribution in [0.4, 0.5) is 10.5 Å². The molecule has 0 aromatic heterocycles. The number of benzene rings is 1. The predicted octanol–water partition coefficient (Wildman–Crippen LogP) is 0.600. The number of rotatable bonds is 8. The lowest BCUT2D eigenvalue weighted by atomic mass is 9.93. The molecular formula is C17H22N4O5. The third kappa shape index (κ3) is 4.11. The molecule has 0 unspecified atom stereocenters. The van der Waals surface area contributed by atoms with E-state index < -0.39 is 29.3 Å². The molecule has 9 nitrogen and oxygen atoms in total. The Morgan fingerprint density at radius 3 is 2.31 bits per heavy atom. The first-order valence-electron chi connectivity index (χ1n) is 8.26. The van der Waals surface area contributed by atoms with Crippen LogP contribution in [-0.2, 0) is 14.4 Å². The standard InChI is InChI=1S/C17H22N4O5/c1-3-17(4-2)15(24)21(16(25)20-17)9-14(23)19-11-5-7-12(8-6-11)26-10-13(18)22/h5-8H,3-4,9-10H2,1-2H3,(H2,18,22)(H,19,23)(H,20,25). The van der Waals surface area contributed by atoms with E-state index in [1.54, 1.807) is 24.3 Å². The van der Waals surface area contributed by atoms with Crippen LogP contribution in [0.3, 0.4) is 0 Å². The molecule has 9 heteroatoms. The summed E-state index contributed by atoms with van der Waals surface area (Å²) in [6.45, 7) is 3.01. The van der Waals surface area contributed by atoms with Crippen LogP contribution in [0.2, 0.25) is 0 Å². The Morgan fingerprint density at radius 1 is 1.19 bits per heavy atom. The molecule has 2 rings (SSSR count). The minimum absolute atomic E-state index is 0.242. The number of imide groups is 1. The Kier molecular flexibility index (Phi) is 5.81. The molecule has 0 bridgehead atoms. The number of nitrogens with zero attached hydrogens (tertiary/aromatic N) is 1. The van der Waals surface area contributed by atoms with E-state index in [2.05, 4.69) is 10.6 Å². The van der Waals surface area contributed by atoms with Gasteiger partial charge in [0.2, 0.25) is 5.91 Å². The van der Waals surface area contributed by atoms with Gasteiger partial charge in [-0.25, -0.2) is 4.79 Å². The van der Waals surface area contributed by atoms with E-state index in [9.17, 15) is 19.2 Å². The van der Waals surface area contributed by atoms with Crippen LogP contribution in [0.5, 0.6) is 5.75 Å². The fourth-order valence-electron chi connectivity index (χ4n) is 2.68. The summed E-state index contributed by atoms with van der Waals surface area (Å²) >= 11 is 0. The highest BCUT2D eigenvalue weighted by Gasteiger charge is 2.49. The van der Waals surface area contributed by atoms with E-state index in [1.807, 2.05) is 13.8 Å². The lowest BCUT2D eigenvalue weighted by Crippen LogP contribution is -2.46. The number of nitrogens with two attached hydrogens (primary N) is 1. The van der Waals surface area contributed by atoms with E-state index in [4.69, 9.17) is 10.5 Å². The lowest BCUT2D eigenvalue weighted by Gasteiger charge is -2.23. The smallest absolute Gasteiger partial charge is 0.325 e. The Hall–Kier alpha value is -3.10. The minimum Gasteiger partial charge on any atom is -0.484 e. The van der Waals surface area contributed by atoms with Crippen LogP contribution in [0.15, 0.2) is 24.3 Å². The monoisotopic (exact) mass is 362 g/mol. The van der Waals surface area contributed by atoms with Crippen LogP contribution in [0.25, 0.3) is 0 Å². The van der Waals surface area contributed by atoms with Gasteiger partial charge in [0.1, 0.15) is 17.8 Å². The third-order valence-electron chi connectivity index (χ3n) is 4.27. The van der Waals surface area contributed by atoms with Crippen molar-refractivity contribution in [1.82, 2.24) is 10.2 Å². The Morgan fingerprint density at radius 2 is 1.81 bits per heavy atom. The summed E-state index contributed by atoms with van der Waals surface area (Å²) in [5.74, 6) is -1.06. The van der Waals surface area contributed by atoms with Crippen LogP contribution < -0.4 is 21.1 Å². The number of hydrogen-bond donors (Lipinski definition) is 3. The molecular weight excluding hydrogens is 340 g/mol. The Bertz CT molecular complexity index is 712. The van der Waals surface area contributed by atoms with Gasteiger partial charge in [-0.1, -0.05) is 13.8 Å². The molecule has 1 aliphatic rings. The highest BCUT2D eigenvalue weighted by molar-refractivity contribution is 6.10. The zero-order valence-electron chi connectivity index (χ0n) is 14.7. The van der Waals surface area contributed by atoms with E-state index in [0.717, 1.165) is 4.90 Å². The molecule has 1 heterocycles. The van der Waals surface area contributed by atoms with Crippen molar-refractivity contribution < 1.29 is 23.9 Å². The van der Waals surface area contributed by atoms with Gasteiger partial charge in [0.05, 0.1) is 0 Å². The molecule has 0 radical (unpaired) electrons. The van der Waals surface area contributed by atoms with Crippen molar-refractivity contribution in [3.8, 4) is 5.75 Å². The second-order valence-corrected chi connectivity index (χ2v) is 5.94. The zero-order chi connectivity index (χ0) is 19.3. The number of carbonyl (C=O) groups excluding carboxylic acids is 4. The van der Waals surface area contributed by atoms with Gasteiger partial charge in [0.15, 0.2) is 6.61 Å². The number of hydrogen-bond acceptors (Lipinski definition) is 5. The van der Waals surface area contributed by atoms with Crippen molar-refractivity contribution in [2.24, 2.45) is 5.73 Å². The Balaban J connectivity index is 1.95. The van der Waals surface area contributed by atoms with Crippen molar-refractivity contribution in [3.05, 3.63) is 24.3 Å². The third-order valence-corrected chi connectivity index (χ3v) is 4.27. The molecule has 0 aliphatic carbocycles. The zero-order valence-corrected chi connectivity index (χ0v) is 14.7. The predicted molar refractivity (Wildman–Crippen MR) is 93.3 cm³/mol. The number of ether oxygens (including phenoxy) is 1. The average molecular weight is 362 g/mol. The maximum atomic E-state index is 12.5. The first kappa shape index (κ1) is 19.2. The summed E-state index contributed by atoms with van der Waals surface area (Å²) in [7, 11) is 0. The SMILES string of the molecule is CCC1(CC)NC(=O)N(CC(=O)Nc2ccc(OCC(N)=O)cc2)C1=O. The van der Waals surface area contributed by atoms with Gasteiger partial charge in [0.25, 0.3) is 11.8 Å². The van der Waals surface area contributed by atoms with Gasteiger partial charge >= 0.3 is 6.03 Å². The second-order valence-electron chi connectivity index (χ2n) is 5.94. The van der Waals surface area contributed by atoms with Gasteiger partial charge in [-0.3, -0.25) is 19.3 Å². The molecule has 1 fully saturated rings. The van der Waals surface area contributed by atoms with Crippen molar-refractivity contribution >= 4 is 29.4 Å². The summed E-state index contributed by atoms with van der Waals surface area (Å²) < 4.78 is 5.12. The number of urea groups is 1. The van der Waals surface area contributed by atoms with E-state index in [0.29, 0.717) is 24.3 Å². The van der Waals surface area contributed by atoms with Crippen molar-refractivity contribution in [2.75, 3.05) is 18.5 Å². The number of amides is 5. The van der Waals surface area contributed by atoms with Crippen LogP contribution in [-0.4, -0.2) is 47.3 Å². The molecule has 5 amide bonds. The molecule has 0 spiro atoms. The van der Waals surface area contributed by atoms with Crippen LogP contribution in [0.1, 0.15) is 26.7 Å². The van der Waals surface area contributed by atoms with Crippen LogP contribution >= 0.6 is 0 Å². The molecule has 140 valence electrons. The van der Waals surface area contributed by atoms with Crippen molar-refractivity contribution in [1.29, 1.82) is 0 Å². The first-order chi connectivity index (χ1) is 12.3. The van der Waals surface area contributed by atoms with E-state index in [-0.39, 0.29) is 13.2 Å². The van der Waals surface area contributed by atoms with E-state index in [1.165, 1.54) is 0 Å². The van der Waals surface area contributed by atoms with Crippen molar-refractivity contribution in [3.63, 3.8) is 0 Å². The lowest BCUT2D eigenvalue weighted by molar-refractivity contribution is -0.134. The quantitative estimate of drug-likeness (QED) is 0.583. The van der Waals surface area contributed by atoms with Gasteiger partial charge < -0.3 is 21.1 Å². The second kappa shape index (κ2) is 7.85. The van der Waals surface area contributed by atoms with Gasteiger partial charge in [-0.05, 0) is 37.1 Å². The maximum Gasteiger partial charge on any atom is 0.325 e. The van der Waals surface area contributed by atoms with Gasteiger partial charge in [0, 0.05) is 5.69 Å². The highest BCUT2D eigenvalue weighted by atomic mass is 16.5. The highest BCUT2D eigenvalue weighted by Crippen LogP contribution is 2.24. The van der Waals surface area contributed by atoms with Crippen molar-refractivity contribution in [2.45, 2.75) is 32.2 Å². The maximum absolute atomic E-state index is 12.5. The molecule has 26 heavy (non-hydrogen) atoms. The van der Waals surface area contributed by atoms with Crippen LogP contribution in [0, 0.1) is 0 Å². The minimum atomic E-state index is -0.934. The molecule has 1 aliphatic heterocycles. The molecule has 1 aromatic carbocycles. The molecule has 1 saturated heterocycles. The number of anilines is 1. The molecule has 0 saturated carbocycles. The number of carbonyl (C=O) groups is 4. The summed E-state index contributed by atoms with van der Waals surface area (Å²) in [6, 6.07) is 5.70. The largest absolute Gasteiger partial charge is 0.484 e. The van der Waals surface area contributed by atoms with Gasteiger partial charge in [-0.2, -0.15) is 0 Å². The Labute approximate surface area is 150 Å². The van der Waals surface area contributed by atoms with Gasteiger partial charge in [-0.15, -0.1) is 0 Å². The summed E-state index contributed by atoms with van der Waals surface area (Å²) in [4.78, 5) is 48.3. The van der Waals surface area contributed by atoms with E-state index >= 15 is 0 Å². The fraction of sp³-hybridized carbons (Fsp3) is 0.412. The fourth-order valence-corrected chi connectivity index (χ4v) is 2.68. The number of primary amides is 1. The number of nitrogens with one attached hydrogen (secondary N) is 2. The first-order valence-corrected chi connectivity index (χ1v) is 8.26. The topological polar surface area (TPSA) is 131 Å². The molecule has 4 N–H and O–H groups in total. The summed E-state index contributed by atoms with van der Waals surface area (Å²) in [6.07, 6.45) is 0.915. The molecule has 1 aromatic rings. The summed E-state index contributed by atoms with van der Waals surface area (Å²) in [5, 5.41) is 5.27. The molecule has 0 atom stereocenters. The normalized spacial score (nSPS) is 15.5.